The Hall–Kier alpha value is -3.12. The molecule has 0 radical (unpaired) electrons. The van der Waals surface area contributed by atoms with Crippen LogP contribution >= 0.6 is 11.6 Å². The van der Waals surface area contributed by atoms with Gasteiger partial charge in [-0.15, -0.1) is 0 Å². The van der Waals surface area contributed by atoms with Gasteiger partial charge in [0.1, 0.15) is 10.7 Å². The molecular weight excluding hydrogens is 410 g/mol. The zero-order valence-electron chi connectivity index (χ0n) is 17.2. The van der Waals surface area contributed by atoms with Crippen LogP contribution < -0.4 is 4.90 Å². The van der Waals surface area contributed by atoms with Crippen LogP contribution in [0.15, 0.2) is 59.9 Å². The molecule has 0 spiro atoms. The van der Waals surface area contributed by atoms with Gasteiger partial charge in [0, 0.05) is 31.5 Å². The van der Waals surface area contributed by atoms with Gasteiger partial charge in [-0.2, -0.15) is 0 Å². The molecule has 2 atom stereocenters. The number of pyridine rings is 1. The lowest BCUT2D eigenvalue weighted by Gasteiger charge is -2.35. The molecule has 1 aliphatic carbocycles. The molecule has 2 unspecified atom stereocenters. The number of guanidine groups is 1. The van der Waals surface area contributed by atoms with E-state index < -0.39 is 0 Å². The summed E-state index contributed by atoms with van der Waals surface area (Å²) in [6.07, 6.45) is 7.17. The second-order valence-electron chi connectivity index (χ2n) is 8.45. The number of hydrogen-bond acceptors (Lipinski definition) is 4. The summed E-state index contributed by atoms with van der Waals surface area (Å²) in [5, 5.41) is 0.487. The summed E-state index contributed by atoms with van der Waals surface area (Å²) >= 11 is 6.75. The highest BCUT2D eigenvalue weighted by Gasteiger charge is 2.48. The monoisotopic (exact) mass is 431 g/mol. The molecule has 1 fully saturated rings. The lowest BCUT2D eigenvalue weighted by atomic mass is 10.1. The maximum Gasteiger partial charge on any atom is 0.265 e. The predicted molar refractivity (Wildman–Crippen MR) is 122 cm³/mol. The van der Waals surface area contributed by atoms with Crippen LogP contribution in [0.1, 0.15) is 35.2 Å². The predicted octanol–water partition coefficient (Wildman–Crippen LogP) is 4.43. The minimum atomic E-state index is -0.0841. The van der Waals surface area contributed by atoms with Crippen molar-refractivity contribution in [2.75, 3.05) is 11.9 Å². The molecular formula is C24H22ClN5O. The summed E-state index contributed by atoms with van der Waals surface area (Å²) in [5.74, 6) is 0.681. The fraction of sp³-hybridized carbons (Fsp3) is 0.292. The molecule has 1 aromatic carbocycles. The van der Waals surface area contributed by atoms with Crippen molar-refractivity contribution in [3.63, 3.8) is 0 Å². The molecule has 31 heavy (non-hydrogen) atoms. The van der Waals surface area contributed by atoms with E-state index in [2.05, 4.69) is 34.1 Å². The first-order valence-electron chi connectivity index (χ1n) is 10.7. The quantitative estimate of drug-likeness (QED) is 0.616. The molecule has 0 bridgehead atoms. The Bertz CT molecular complexity index is 1200. The molecule has 0 saturated heterocycles. The lowest BCUT2D eigenvalue weighted by Crippen LogP contribution is -2.50. The van der Waals surface area contributed by atoms with Crippen LogP contribution in [0.3, 0.4) is 0 Å². The first-order chi connectivity index (χ1) is 15.1. The second-order valence-corrected chi connectivity index (χ2v) is 8.81. The highest BCUT2D eigenvalue weighted by molar-refractivity contribution is 6.36. The molecule has 3 aliphatic rings. The van der Waals surface area contributed by atoms with Crippen LogP contribution in [0, 0.1) is 0 Å². The molecule has 2 aliphatic heterocycles. The molecule has 156 valence electrons. The summed E-state index contributed by atoms with van der Waals surface area (Å²) in [6, 6.07) is 14.8. The minimum absolute atomic E-state index is 0.0841. The number of hydrogen-bond donors (Lipinski definition) is 0. The first-order valence-corrected chi connectivity index (χ1v) is 11.0. The molecule has 7 heteroatoms. The topological polar surface area (TPSA) is 53.7 Å². The van der Waals surface area contributed by atoms with E-state index in [-0.39, 0.29) is 11.9 Å². The van der Waals surface area contributed by atoms with Gasteiger partial charge in [-0.25, -0.2) is 4.99 Å². The zero-order valence-corrected chi connectivity index (χ0v) is 18.0. The molecule has 0 N–H and O–H groups in total. The fourth-order valence-corrected chi connectivity index (χ4v) is 5.34. The van der Waals surface area contributed by atoms with Crippen molar-refractivity contribution in [1.82, 2.24) is 14.5 Å². The Morgan fingerprint density at radius 2 is 1.97 bits per heavy atom. The maximum atomic E-state index is 13.1. The summed E-state index contributed by atoms with van der Waals surface area (Å²) in [5.41, 5.74) is 4.62. The van der Waals surface area contributed by atoms with E-state index in [4.69, 9.17) is 16.6 Å². The molecule has 6 nitrogen and oxygen atoms in total. The number of aliphatic imine (C=N–C) groups is 1. The van der Waals surface area contributed by atoms with E-state index in [0.29, 0.717) is 23.3 Å². The number of anilines is 1. The van der Waals surface area contributed by atoms with E-state index in [9.17, 15) is 4.79 Å². The van der Waals surface area contributed by atoms with E-state index in [1.54, 1.807) is 18.1 Å². The highest BCUT2D eigenvalue weighted by Crippen LogP contribution is 2.43. The Kier molecular flexibility index (Phi) is 4.18. The smallest absolute Gasteiger partial charge is 0.265 e. The van der Waals surface area contributed by atoms with E-state index in [1.165, 1.54) is 6.42 Å². The van der Waals surface area contributed by atoms with Gasteiger partial charge >= 0.3 is 0 Å². The minimum Gasteiger partial charge on any atom is -0.332 e. The Balaban J connectivity index is 1.34. The molecule has 1 saturated carbocycles. The molecule has 3 aromatic rings. The van der Waals surface area contributed by atoms with Crippen molar-refractivity contribution in [1.29, 1.82) is 0 Å². The summed E-state index contributed by atoms with van der Waals surface area (Å²) in [7, 11) is 1.79. The van der Waals surface area contributed by atoms with Gasteiger partial charge in [0.25, 0.3) is 5.91 Å². The number of halogens is 1. The Morgan fingerprint density at radius 1 is 1.13 bits per heavy atom. The SMILES string of the molecule is CN1C(=O)c2c(cn(Cc3ccc(-c4ccccn4)cc3)c2Cl)N2C1=NC1CCCC12. The molecule has 4 heterocycles. The molecule has 1 amide bonds. The van der Waals surface area contributed by atoms with Crippen LogP contribution in [-0.4, -0.2) is 45.4 Å². The number of carbonyl (C=O) groups is 1. The summed E-state index contributed by atoms with van der Waals surface area (Å²) < 4.78 is 1.97. The second kappa shape index (κ2) is 6.95. The Morgan fingerprint density at radius 3 is 2.74 bits per heavy atom. The van der Waals surface area contributed by atoms with Gasteiger partial charge in [0.2, 0.25) is 5.96 Å². The first kappa shape index (κ1) is 18.6. The average Bonchev–Trinajstić information content (AvgIpc) is 3.47. The third-order valence-electron chi connectivity index (χ3n) is 6.61. The molecule has 6 rings (SSSR count). The maximum absolute atomic E-state index is 13.1. The summed E-state index contributed by atoms with van der Waals surface area (Å²) in [4.78, 5) is 26.2. The number of amides is 1. The number of aromatic nitrogens is 2. The number of fused-ring (bicyclic) bond motifs is 5. The van der Waals surface area contributed by atoms with Gasteiger partial charge in [0.05, 0.1) is 23.5 Å². The van der Waals surface area contributed by atoms with Crippen molar-refractivity contribution in [3.8, 4) is 11.3 Å². The van der Waals surface area contributed by atoms with E-state index in [0.717, 1.165) is 41.3 Å². The van der Waals surface area contributed by atoms with Crippen LogP contribution in [0.4, 0.5) is 5.69 Å². The van der Waals surface area contributed by atoms with Crippen LogP contribution in [0.5, 0.6) is 0 Å². The Labute approximate surface area is 185 Å². The van der Waals surface area contributed by atoms with E-state index >= 15 is 0 Å². The van der Waals surface area contributed by atoms with Crippen LogP contribution in [-0.2, 0) is 6.54 Å². The van der Waals surface area contributed by atoms with E-state index in [1.807, 2.05) is 29.0 Å². The van der Waals surface area contributed by atoms with Crippen molar-refractivity contribution in [3.05, 3.63) is 71.1 Å². The van der Waals surface area contributed by atoms with Gasteiger partial charge < -0.3 is 9.47 Å². The number of nitrogens with zero attached hydrogens (tertiary/aromatic N) is 5. The third-order valence-corrected chi connectivity index (χ3v) is 7.02. The fourth-order valence-electron chi connectivity index (χ4n) is 5.05. The lowest BCUT2D eigenvalue weighted by molar-refractivity contribution is 0.0865. The zero-order chi connectivity index (χ0) is 21.1. The largest absolute Gasteiger partial charge is 0.332 e. The van der Waals surface area contributed by atoms with Crippen LogP contribution in [0.2, 0.25) is 5.15 Å². The van der Waals surface area contributed by atoms with Gasteiger partial charge in [-0.05, 0) is 37.0 Å². The normalized spacial score (nSPS) is 21.7. The highest BCUT2D eigenvalue weighted by atomic mass is 35.5. The van der Waals surface area contributed by atoms with Gasteiger partial charge in [0.15, 0.2) is 0 Å². The number of benzene rings is 1. The van der Waals surface area contributed by atoms with Crippen molar-refractivity contribution in [2.24, 2.45) is 4.99 Å². The number of carbonyl (C=O) groups excluding carboxylic acids is 1. The third kappa shape index (κ3) is 2.82. The average molecular weight is 432 g/mol. The summed E-state index contributed by atoms with van der Waals surface area (Å²) in [6.45, 7) is 0.597. The van der Waals surface area contributed by atoms with Crippen molar-refractivity contribution in [2.45, 2.75) is 37.9 Å². The van der Waals surface area contributed by atoms with Crippen LogP contribution in [0.25, 0.3) is 11.3 Å². The van der Waals surface area contributed by atoms with Crippen molar-refractivity contribution >= 4 is 29.2 Å². The molecule has 2 aromatic heterocycles. The number of rotatable bonds is 3. The van der Waals surface area contributed by atoms with Crippen molar-refractivity contribution < 1.29 is 4.79 Å². The van der Waals surface area contributed by atoms with Gasteiger partial charge in [-0.1, -0.05) is 41.9 Å². The standard InChI is InChI=1S/C24H22ClN5O/c1-28-23(31)21-20(30-19-7-4-6-18(19)27-24(28)30)14-29(22(21)25)13-15-8-10-16(11-9-15)17-5-2-3-12-26-17/h2-3,5,8-12,14,18-19H,4,6-7,13H2,1H3. The van der Waals surface area contributed by atoms with Gasteiger partial charge in [-0.3, -0.25) is 14.7 Å².